The second-order valence-electron chi connectivity index (χ2n) is 8.69. The SMILES string of the molecule is c1ccc(C(CCN2CCN(C3CCCCCC3)CC2)c2ccccc2)cc1. The topological polar surface area (TPSA) is 6.48 Å². The van der Waals surface area contributed by atoms with Crippen LogP contribution in [0, 0.1) is 0 Å². The Balaban J connectivity index is 1.32. The Hall–Kier alpha value is -1.64. The van der Waals surface area contributed by atoms with Gasteiger partial charge in [-0.15, -0.1) is 0 Å². The van der Waals surface area contributed by atoms with Gasteiger partial charge >= 0.3 is 0 Å². The van der Waals surface area contributed by atoms with Crippen LogP contribution < -0.4 is 0 Å². The van der Waals surface area contributed by atoms with E-state index in [1.807, 2.05) is 0 Å². The second-order valence-corrected chi connectivity index (χ2v) is 8.69. The molecule has 2 aliphatic rings. The Morgan fingerprint density at radius 3 is 1.75 bits per heavy atom. The molecule has 1 saturated heterocycles. The smallest absolute Gasteiger partial charge is 0.0113 e. The van der Waals surface area contributed by atoms with E-state index >= 15 is 0 Å². The Labute approximate surface area is 171 Å². The fraction of sp³-hybridized carbons (Fsp3) is 0.538. The van der Waals surface area contributed by atoms with Gasteiger partial charge in [-0.1, -0.05) is 86.3 Å². The van der Waals surface area contributed by atoms with Crippen molar-refractivity contribution in [3.63, 3.8) is 0 Å². The van der Waals surface area contributed by atoms with Crippen molar-refractivity contribution < 1.29 is 0 Å². The van der Waals surface area contributed by atoms with Crippen LogP contribution in [-0.4, -0.2) is 48.6 Å². The van der Waals surface area contributed by atoms with Gasteiger partial charge in [-0.05, 0) is 36.9 Å². The minimum atomic E-state index is 0.502. The number of hydrogen-bond acceptors (Lipinski definition) is 2. The quantitative estimate of drug-likeness (QED) is 0.610. The lowest BCUT2D eigenvalue weighted by Crippen LogP contribution is -2.50. The molecule has 0 aromatic heterocycles. The number of hydrogen-bond donors (Lipinski definition) is 0. The van der Waals surface area contributed by atoms with Crippen molar-refractivity contribution in [2.75, 3.05) is 32.7 Å². The van der Waals surface area contributed by atoms with Gasteiger partial charge in [0.2, 0.25) is 0 Å². The van der Waals surface area contributed by atoms with Crippen molar-refractivity contribution in [2.24, 2.45) is 0 Å². The Morgan fingerprint density at radius 2 is 1.21 bits per heavy atom. The summed E-state index contributed by atoms with van der Waals surface area (Å²) in [6.07, 6.45) is 9.88. The summed E-state index contributed by atoms with van der Waals surface area (Å²) in [6, 6.07) is 23.0. The van der Waals surface area contributed by atoms with Crippen molar-refractivity contribution in [3.05, 3.63) is 71.8 Å². The molecule has 1 saturated carbocycles. The van der Waals surface area contributed by atoms with Gasteiger partial charge in [0.05, 0.1) is 0 Å². The molecule has 28 heavy (non-hydrogen) atoms. The van der Waals surface area contributed by atoms with Crippen LogP contribution in [0.25, 0.3) is 0 Å². The summed E-state index contributed by atoms with van der Waals surface area (Å²) in [5.74, 6) is 0.502. The monoisotopic (exact) mass is 376 g/mol. The zero-order valence-corrected chi connectivity index (χ0v) is 17.3. The summed E-state index contributed by atoms with van der Waals surface area (Å²) in [5.41, 5.74) is 2.90. The molecule has 150 valence electrons. The van der Waals surface area contributed by atoms with Crippen molar-refractivity contribution in [3.8, 4) is 0 Å². The third kappa shape index (κ3) is 5.24. The van der Waals surface area contributed by atoms with Crippen molar-refractivity contribution >= 4 is 0 Å². The van der Waals surface area contributed by atoms with Crippen LogP contribution >= 0.6 is 0 Å². The highest BCUT2D eigenvalue weighted by molar-refractivity contribution is 5.32. The predicted molar refractivity (Wildman–Crippen MR) is 119 cm³/mol. The van der Waals surface area contributed by atoms with E-state index < -0.39 is 0 Å². The van der Waals surface area contributed by atoms with Gasteiger partial charge in [-0.25, -0.2) is 0 Å². The maximum atomic E-state index is 2.80. The largest absolute Gasteiger partial charge is 0.301 e. The van der Waals surface area contributed by atoms with Gasteiger partial charge in [0.25, 0.3) is 0 Å². The molecule has 0 bridgehead atoms. The first kappa shape index (κ1) is 19.7. The van der Waals surface area contributed by atoms with Crippen LogP contribution in [0.2, 0.25) is 0 Å². The van der Waals surface area contributed by atoms with Crippen LogP contribution in [-0.2, 0) is 0 Å². The Morgan fingerprint density at radius 1 is 0.679 bits per heavy atom. The molecule has 2 nitrogen and oxygen atoms in total. The fourth-order valence-corrected chi connectivity index (χ4v) is 5.18. The third-order valence-corrected chi connectivity index (χ3v) is 6.89. The molecule has 4 rings (SSSR count). The molecule has 2 fully saturated rings. The lowest BCUT2D eigenvalue weighted by molar-refractivity contribution is 0.0878. The number of nitrogens with zero attached hydrogens (tertiary/aromatic N) is 2. The van der Waals surface area contributed by atoms with Crippen LogP contribution in [0.15, 0.2) is 60.7 Å². The fourth-order valence-electron chi connectivity index (χ4n) is 5.18. The van der Waals surface area contributed by atoms with E-state index in [0.717, 1.165) is 6.04 Å². The first-order valence-corrected chi connectivity index (χ1v) is 11.5. The molecule has 1 heterocycles. The summed E-state index contributed by atoms with van der Waals surface area (Å²) >= 11 is 0. The number of benzene rings is 2. The molecule has 0 N–H and O–H groups in total. The third-order valence-electron chi connectivity index (χ3n) is 6.89. The summed E-state index contributed by atoms with van der Waals surface area (Å²) in [4.78, 5) is 5.50. The van der Waals surface area contributed by atoms with E-state index in [2.05, 4.69) is 70.5 Å². The zero-order valence-electron chi connectivity index (χ0n) is 17.3. The van der Waals surface area contributed by atoms with Crippen molar-refractivity contribution in [1.29, 1.82) is 0 Å². The first-order chi connectivity index (χ1) is 13.9. The molecular weight excluding hydrogens is 340 g/mol. The Kier molecular flexibility index (Phi) is 7.18. The van der Waals surface area contributed by atoms with E-state index in [9.17, 15) is 0 Å². The molecule has 2 aromatic rings. The van der Waals surface area contributed by atoms with Gasteiger partial charge in [0.15, 0.2) is 0 Å². The summed E-state index contributed by atoms with van der Waals surface area (Å²) < 4.78 is 0. The van der Waals surface area contributed by atoms with E-state index in [1.54, 1.807) is 0 Å². The van der Waals surface area contributed by atoms with Gasteiger partial charge in [0, 0.05) is 38.1 Å². The maximum Gasteiger partial charge on any atom is 0.0113 e. The molecule has 0 unspecified atom stereocenters. The highest BCUT2D eigenvalue weighted by atomic mass is 15.3. The van der Waals surface area contributed by atoms with E-state index in [-0.39, 0.29) is 0 Å². The van der Waals surface area contributed by atoms with E-state index in [4.69, 9.17) is 0 Å². The number of rotatable bonds is 6. The van der Waals surface area contributed by atoms with E-state index in [0.29, 0.717) is 5.92 Å². The van der Waals surface area contributed by atoms with Crippen molar-refractivity contribution in [1.82, 2.24) is 9.80 Å². The highest BCUT2D eigenvalue weighted by Gasteiger charge is 2.25. The minimum Gasteiger partial charge on any atom is -0.301 e. The van der Waals surface area contributed by atoms with Gasteiger partial charge in [0.1, 0.15) is 0 Å². The molecule has 1 aliphatic carbocycles. The van der Waals surface area contributed by atoms with Gasteiger partial charge in [-0.3, -0.25) is 4.90 Å². The lowest BCUT2D eigenvalue weighted by atomic mass is 9.88. The van der Waals surface area contributed by atoms with Crippen LogP contribution in [0.5, 0.6) is 0 Å². The average Bonchev–Trinajstić information content (AvgIpc) is 3.06. The molecular formula is C26H36N2. The molecule has 0 spiro atoms. The Bertz CT molecular complexity index is 629. The zero-order chi connectivity index (χ0) is 19.0. The summed E-state index contributed by atoms with van der Waals surface area (Å²) in [7, 11) is 0. The molecule has 0 radical (unpaired) electrons. The predicted octanol–water partition coefficient (Wildman–Crippen LogP) is 5.55. The lowest BCUT2D eigenvalue weighted by Gasteiger charge is -2.39. The van der Waals surface area contributed by atoms with Crippen LogP contribution in [0.3, 0.4) is 0 Å². The van der Waals surface area contributed by atoms with Crippen molar-refractivity contribution in [2.45, 2.75) is 56.9 Å². The molecule has 2 aromatic carbocycles. The standard InChI is InChI=1S/C26H36N2/c1-2-10-16-25(15-9-1)28-21-19-27(20-22-28)18-17-26(23-11-5-3-6-12-23)24-13-7-4-8-14-24/h3-8,11-14,25-26H,1-2,9-10,15-22H2. The second kappa shape index (κ2) is 10.2. The molecule has 1 aliphatic heterocycles. The first-order valence-electron chi connectivity index (χ1n) is 11.5. The molecule has 0 atom stereocenters. The normalized spacial score (nSPS) is 20.3. The van der Waals surface area contributed by atoms with E-state index in [1.165, 1.54) is 88.8 Å². The van der Waals surface area contributed by atoms with Gasteiger partial charge < -0.3 is 4.90 Å². The van der Waals surface area contributed by atoms with Crippen LogP contribution in [0.1, 0.15) is 62.0 Å². The maximum absolute atomic E-state index is 2.80. The van der Waals surface area contributed by atoms with Crippen LogP contribution in [0.4, 0.5) is 0 Å². The molecule has 0 amide bonds. The van der Waals surface area contributed by atoms with Gasteiger partial charge in [-0.2, -0.15) is 0 Å². The average molecular weight is 377 g/mol. The summed E-state index contributed by atoms with van der Waals surface area (Å²) in [6.45, 7) is 6.23. The number of piperazine rings is 1. The minimum absolute atomic E-state index is 0.502. The molecule has 2 heteroatoms. The highest BCUT2D eigenvalue weighted by Crippen LogP contribution is 2.28. The summed E-state index contributed by atoms with van der Waals surface area (Å²) in [5, 5.41) is 0.